The molecule has 7 heteroatoms. The van der Waals surface area contributed by atoms with Crippen molar-refractivity contribution in [3.8, 4) is 0 Å². The summed E-state index contributed by atoms with van der Waals surface area (Å²) in [5, 5.41) is 9.26. The van der Waals surface area contributed by atoms with Gasteiger partial charge in [-0.2, -0.15) is 4.52 Å². The summed E-state index contributed by atoms with van der Waals surface area (Å²) in [4.78, 5) is 12.0. The average molecular weight is 359 g/mol. The maximum atomic E-state index is 5.97. The molecule has 0 fully saturated rings. The summed E-state index contributed by atoms with van der Waals surface area (Å²) < 4.78 is 7.87. The van der Waals surface area contributed by atoms with Gasteiger partial charge in [0.1, 0.15) is 10.7 Å². The molecular weight excluding hydrogens is 334 g/mol. The van der Waals surface area contributed by atoms with E-state index >= 15 is 0 Å². The Bertz CT molecular complexity index is 927. The van der Waals surface area contributed by atoms with Crippen molar-refractivity contribution in [2.24, 2.45) is 0 Å². The number of unbranched alkanes of at least 4 members (excludes halogenated alkanes) is 1. The number of aromatic nitrogens is 4. The first-order valence-corrected chi connectivity index (χ1v) is 9.81. The van der Waals surface area contributed by atoms with Gasteiger partial charge in [0.15, 0.2) is 11.5 Å². The molecule has 0 aromatic carbocycles. The third-order valence-electron chi connectivity index (χ3n) is 4.70. The van der Waals surface area contributed by atoms with Crippen molar-refractivity contribution in [2.45, 2.75) is 65.7 Å². The molecule has 0 saturated heterocycles. The van der Waals surface area contributed by atoms with Crippen LogP contribution in [0.3, 0.4) is 0 Å². The van der Waals surface area contributed by atoms with Crippen molar-refractivity contribution in [1.82, 2.24) is 24.9 Å². The van der Waals surface area contributed by atoms with Crippen LogP contribution in [-0.2, 0) is 24.3 Å². The van der Waals surface area contributed by atoms with Crippen molar-refractivity contribution in [3.63, 3.8) is 0 Å². The Morgan fingerprint density at radius 1 is 1.32 bits per heavy atom. The summed E-state index contributed by atoms with van der Waals surface area (Å²) in [6.07, 6.45) is 3.25. The number of hydrogen-bond donors (Lipinski definition) is 1. The van der Waals surface area contributed by atoms with Gasteiger partial charge in [-0.15, -0.1) is 16.4 Å². The molecule has 1 aliphatic heterocycles. The Labute approximate surface area is 151 Å². The lowest BCUT2D eigenvalue weighted by atomic mass is 9.94. The fourth-order valence-corrected chi connectivity index (χ4v) is 4.50. The molecule has 0 bridgehead atoms. The van der Waals surface area contributed by atoms with Crippen LogP contribution in [0.5, 0.6) is 0 Å². The average Bonchev–Trinajstić information content (AvgIpc) is 3.12. The second-order valence-corrected chi connectivity index (χ2v) is 8.45. The molecule has 4 rings (SSSR count). The van der Waals surface area contributed by atoms with E-state index in [0.717, 1.165) is 40.5 Å². The Hall–Kier alpha value is -1.57. The molecule has 3 aromatic heterocycles. The highest BCUT2D eigenvalue weighted by Crippen LogP contribution is 2.39. The first-order chi connectivity index (χ1) is 12.0. The van der Waals surface area contributed by atoms with Gasteiger partial charge in [-0.05, 0) is 39.3 Å². The molecule has 134 valence electrons. The molecule has 0 spiro atoms. The molecule has 0 saturated carbocycles. The van der Waals surface area contributed by atoms with Crippen LogP contribution in [0.15, 0.2) is 0 Å². The van der Waals surface area contributed by atoms with Crippen molar-refractivity contribution < 1.29 is 4.74 Å². The summed E-state index contributed by atoms with van der Waals surface area (Å²) in [6, 6.07) is 0. The number of rotatable bonds is 5. The van der Waals surface area contributed by atoms with Crippen LogP contribution >= 0.6 is 11.3 Å². The van der Waals surface area contributed by atoms with Crippen LogP contribution in [0.25, 0.3) is 15.9 Å². The number of nitrogens with zero attached hydrogens (tertiary/aromatic N) is 4. The lowest BCUT2D eigenvalue weighted by Crippen LogP contribution is -2.31. The predicted octanol–water partition coefficient (Wildman–Crippen LogP) is 3.39. The number of aryl methyl sites for hydroxylation is 1. The van der Waals surface area contributed by atoms with Gasteiger partial charge < -0.3 is 10.1 Å². The fourth-order valence-electron chi connectivity index (χ4n) is 3.36. The highest BCUT2D eigenvalue weighted by Gasteiger charge is 2.31. The zero-order valence-electron chi connectivity index (χ0n) is 15.3. The van der Waals surface area contributed by atoms with Gasteiger partial charge >= 0.3 is 0 Å². The summed E-state index contributed by atoms with van der Waals surface area (Å²) in [7, 11) is 0. The van der Waals surface area contributed by atoms with Crippen LogP contribution in [0, 0.1) is 6.92 Å². The van der Waals surface area contributed by atoms with Crippen LogP contribution in [-0.4, -0.2) is 31.7 Å². The molecule has 6 nitrogen and oxygen atoms in total. The van der Waals surface area contributed by atoms with Gasteiger partial charge in [0.2, 0.25) is 0 Å². The lowest BCUT2D eigenvalue weighted by molar-refractivity contribution is -0.0379. The Morgan fingerprint density at radius 3 is 2.96 bits per heavy atom. The second kappa shape index (κ2) is 6.30. The maximum Gasteiger partial charge on any atom is 0.168 e. The van der Waals surface area contributed by atoms with Gasteiger partial charge in [-0.3, -0.25) is 0 Å². The molecule has 4 heterocycles. The van der Waals surface area contributed by atoms with Crippen LogP contribution in [0.2, 0.25) is 0 Å². The van der Waals surface area contributed by atoms with E-state index in [9.17, 15) is 0 Å². The van der Waals surface area contributed by atoms with E-state index in [4.69, 9.17) is 14.7 Å². The zero-order valence-corrected chi connectivity index (χ0v) is 16.2. The first kappa shape index (κ1) is 16.9. The van der Waals surface area contributed by atoms with Gasteiger partial charge in [0.05, 0.1) is 24.1 Å². The number of ether oxygens (including phenoxy) is 1. The molecule has 25 heavy (non-hydrogen) atoms. The van der Waals surface area contributed by atoms with E-state index in [1.165, 1.54) is 23.3 Å². The Morgan fingerprint density at radius 2 is 2.16 bits per heavy atom. The normalized spacial score (nSPS) is 16.6. The smallest absolute Gasteiger partial charge is 0.168 e. The zero-order chi connectivity index (χ0) is 17.6. The highest BCUT2D eigenvalue weighted by molar-refractivity contribution is 7.19. The minimum Gasteiger partial charge on any atom is -0.370 e. The van der Waals surface area contributed by atoms with E-state index < -0.39 is 0 Å². The molecule has 0 radical (unpaired) electrons. The van der Waals surface area contributed by atoms with Crippen molar-refractivity contribution in [3.05, 3.63) is 22.1 Å². The summed E-state index contributed by atoms with van der Waals surface area (Å²) >= 11 is 1.73. The summed E-state index contributed by atoms with van der Waals surface area (Å²) in [5.41, 5.74) is 2.13. The Kier molecular flexibility index (Phi) is 4.25. The van der Waals surface area contributed by atoms with Gasteiger partial charge in [0, 0.05) is 11.3 Å². The Balaban J connectivity index is 1.79. The largest absolute Gasteiger partial charge is 0.370 e. The molecule has 1 N–H and O–H groups in total. The molecule has 1 aliphatic rings. The monoisotopic (exact) mass is 359 g/mol. The predicted molar refractivity (Wildman–Crippen MR) is 100 cm³/mol. The van der Waals surface area contributed by atoms with E-state index in [-0.39, 0.29) is 5.60 Å². The third-order valence-corrected chi connectivity index (χ3v) is 5.80. The van der Waals surface area contributed by atoms with Gasteiger partial charge in [-0.1, -0.05) is 13.3 Å². The third kappa shape index (κ3) is 3.05. The first-order valence-electron chi connectivity index (χ1n) is 8.99. The molecule has 0 amide bonds. The van der Waals surface area contributed by atoms with E-state index in [0.29, 0.717) is 13.2 Å². The van der Waals surface area contributed by atoms with E-state index in [1.54, 1.807) is 11.3 Å². The summed E-state index contributed by atoms with van der Waals surface area (Å²) in [6.45, 7) is 10.8. The molecule has 3 aromatic rings. The molecule has 0 aliphatic carbocycles. The lowest BCUT2D eigenvalue weighted by Gasteiger charge is -2.30. The van der Waals surface area contributed by atoms with Crippen LogP contribution in [0.4, 0.5) is 0 Å². The fraction of sp³-hybridized carbons (Fsp3) is 0.611. The van der Waals surface area contributed by atoms with Crippen molar-refractivity contribution in [1.29, 1.82) is 0 Å². The molecule has 0 unspecified atom stereocenters. The van der Waals surface area contributed by atoms with Gasteiger partial charge in [-0.25, -0.2) is 9.97 Å². The SMILES string of the molecule is CCCCNCc1nc2c3c4c(sc3nc(C)n2n1)COC(C)(C)C4. The number of thiophene rings is 1. The highest BCUT2D eigenvalue weighted by atomic mass is 32.1. The number of hydrogen-bond acceptors (Lipinski definition) is 6. The van der Waals surface area contributed by atoms with Crippen LogP contribution < -0.4 is 5.32 Å². The maximum absolute atomic E-state index is 5.97. The second-order valence-electron chi connectivity index (χ2n) is 7.36. The molecular formula is C18H25N5OS. The minimum atomic E-state index is -0.145. The van der Waals surface area contributed by atoms with Gasteiger partial charge in [0.25, 0.3) is 0 Å². The quantitative estimate of drug-likeness (QED) is 0.708. The minimum absolute atomic E-state index is 0.145. The molecule has 0 atom stereocenters. The topological polar surface area (TPSA) is 64.3 Å². The standard InChI is InChI=1S/C18H25N5OS/c1-5-6-7-19-9-14-21-16-15-12-8-18(3,4)24-10-13(12)25-17(15)20-11(2)23(16)22-14/h19H,5-10H2,1-4H3. The number of fused-ring (bicyclic) bond motifs is 5. The van der Waals surface area contributed by atoms with Crippen molar-refractivity contribution in [2.75, 3.05) is 6.54 Å². The van der Waals surface area contributed by atoms with E-state index in [1.807, 2.05) is 11.4 Å². The number of nitrogens with one attached hydrogen (secondary N) is 1. The van der Waals surface area contributed by atoms with Crippen LogP contribution in [0.1, 0.15) is 55.7 Å². The van der Waals surface area contributed by atoms with Crippen molar-refractivity contribution >= 4 is 27.2 Å². The van der Waals surface area contributed by atoms with E-state index in [2.05, 4.69) is 31.2 Å². The summed E-state index contributed by atoms with van der Waals surface area (Å²) in [5.74, 6) is 1.72.